The van der Waals surface area contributed by atoms with Gasteiger partial charge in [-0.15, -0.1) is 0 Å². The Kier molecular flexibility index (Phi) is 4.16. The predicted octanol–water partition coefficient (Wildman–Crippen LogP) is 1.67. The van der Waals surface area contributed by atoms with Crippen LogP contribution < -0.4 is 10.2 Å². The molecular weight excluding hydrogens is 304 g/mol. The van der Waals surface area contributed by atoms with Gasteiger partial charge in [0.25, 0.3) is 5.91 Å². The predicted molar refractivity (Wildman–Crippen MR) is 93.0 cm³/mol. The summed E-state index contributed by atoms with van der Waals surface area (Å²) in [6.07, 6.45) is 1.85. The quantitative estimate of drug-likeness (QED) is 0.790. The zero-order valence-electron chi connectivity index (χ0n) is 14.2. The van der Waals surface area contributed by atoms with E-state index >= 15 is 0 Å². The van der Waals surface area contributed by atoms with Gasteiger partial charge >= 0.3 is 0 Å². The number of nitrogens with zero attached hydrogens (tertiary/aromatic N) is 5. The molecule has 1 amide bonds. The molecule has 3 rings (SSSR count). The number of hydrogen-bond acceptors (Lipinski definition) is 5. The lowest BCUT2D eigenvalue weighted by molar-refractivity contribution is 0.0941. The monoisotopic (exact) mass is 324 g/mol. The first-order valence-electron chi connectivity index (χ1n) is 7.67. The maximum absolute atomic E-state index is 12.5. The third-order valence-electron chi connectivity index (χ3n) is 3.80. The van der Waals surface area contributed by atoms with Crippen LogP contribution in [0.3, 0.4) is 0 Å². The van der Waals surface area contributed by atoms with Crippen molar-refractivity contribution in [1.29, 1.82) is 0 Å². The first kappa shape index (κ1) is 15.9. The maximum atomic E-state index is 12.5. The summed E-state index contributed by atoms with van der Waals surface area (Å²) in [6.45, 7) is 2.45. The van der Waals surface area contributed by atoms with Gasteiger partial charge in [-0.05, 0) is 18.1 Å². The molecule has 0 spiro atoms. The SMILES string of the molecule is Cc1ccccc1CNC(=O)c1nc(N(C)C)c2cn(C)nc2n1. The molecule has 124 valence electrons. The third-order valence-corrected chi connectivity index (χ3v) is 3.80. The minimum Gasteiger partial charge on any atom is -0.362 e. The average molecular weight is 324 g/mol. The standard InChI is InChI=1S/C17H20N6O/c1-11-7-5-6-8-12(11)9-18-17(24)15-19-14-13(10-23(4)21-14)16(20-15)22(2)3/h5-8,10H,9H2,1-4H3,(H,18,24). The highest BCUT2D eigenvalue weighted by Gasteiger charge is 2.17. The number of anilines is 1. The molecule has 0 saturated carbocycles. The van der Waals surface area contributed by atoms with Gasteiger partial charge in [0.2, 0.25) is 5.82 Å². The molecule has 0 unspecified atom stereocenters. The number of rotatable bonds is 4. The highest BCUT2D eigenvalue weighted by molar-refractivity contribution is 5.95. The Hall–Kier alpha value is -2.96. The highest BCUT2D eigenvalue weighted by atomic mass is 16.2. The molecule has 24 heavy (non-hydrogen) atoms. The number of hydrogen-bond donors (Lipinski definition) is 1. The van der Waals surface area contributed by atoms with E-state index in [1.54, 1.807) is 4.68 Å². The van der Waals surface area contributed by atoms with E-state index in [9.17, 15) is 4.79 Å². The fraction of sp³-hybridized carbons (Fsp3) is 0.294. The first-order valence-corrected chi connectivity index (χ1v) is 7.67. The summed E-state index contributed by atoms with van der Waals surface area (Å²) in [4.78, 5) is 23.0. The summed E-state index contributed by atoms with van der Waals surface area (Å²) in [7, 11) is 5.58. The Balaban J connectivity index is 1.88. The van der Waals surface area contributed by atoms with Crippen molar-refractivity contribution in [1.82, 2.24) is 25.1 Å². The number of benzene rings is 1. The molecular formula is C17H20N6O. The van der Waals surface area contributed by atoms with Crippen LogP contribution >= 0.6 is 0 Å². The second kappa shape index (κ2) is 6.27. The molecule has 0 aliphatic carbocycles. The van der Waals surface area contributed by atoms with E-state index in [4.69, 9.17) is 0 Å². The molecule has 0 radical (unpaired) electrons. The van der Waals surface area contributed by atoms with E-state index in [0.29, 0.717) is 18.0 Å². The molecule has 2 aromatic heterocycles. The molecule has 3 aromatic rings. The molecule has 0 aliphatic heterocycles. The average Bonchev–Trinajstić information content (AvgIpc) is 2.92. The fourth-order valence-corrected chi connectivity index (χ4v) is 2.51. The van der Waals surface area contributed by atoms with Gasteiger partial charge in [-0.3, -0.25) is 9.48 Å². The van der Waals surface area contributed by atoms with E-state index in [2.05, 4.69) is 20.4 Å². The number of aromatic nitrogens is 4. The van der Waals surface area contributed by atoms with Gasteiger partial charge < -0.3 is 10.2 Å². The lowest BCUT2D eigenvalue weighted by Crippen LogP contribution is -2.26. The number of nitrogens with one attached hydrogen (secondary N) is 1. The molecule has 2 heterocycles. The van der Waals surface area contributed by atoms with E-state index in [0.717, 1.165) is 16.5 Å². The van der Waals surface area contributed by atoms with Gasteiger partial charge in [0.1, 0.15) is 5.82 Å². The molecule has 0 aliphatic rings. The van der Waals surface area contributed by atoms with Crippen molar-refractivity contribution in [3.05, 3.63) is 47.4 Å². The van der Waals surface area contributed by atoms with E-state index in [1.165, 1.54) is 0 Å². The molecule has 7 nitrogen and oxygen atoms in total. The van der Waals surface area contributed by atoms with E-state index < -0.39 is 0 Å². The molecule has 0 fully saturated rings. The van der Waals surface area contributed by atoms with Crippen molar-refractivity contribution in [2.45, 2.75) is 13.5 Å². The van der Waals surface area contributed by atoms with Crippen molar-refractivity contribution in [3.63, 3.8) is 0 Å². The maximum Gasteiger partial charge on any atom is 0.289 e. The van der Waals surface area contributed by atoms with Crippen molar-refractivity contribution in [2.75, 3.05) is 19.0 Å². The van der Waals surface area contributed by atoms with Crippen LogP contribution in [0.4, 0.5) is 5.82 Å². The van der Waals surface area contributed by atoms with Crippen molar-refractivity contribution in [3.8, 4) is 0 Å². The van der Waals surface area contributed by atoms with Crippen LogP contribution in [0.5, 0.6) is 0 Å². The largest absolute Gasteiger partial charge is 0.362 e. The Morgan fingerprint density at radius 3 is 2.71 bits per heavy atom. The molecule has 1 aromatic carbocycles. The highest BCUT2D eigenvalue weighted by Crippen LogP contribution is 2.21. The first-order chi connectivity index (χ1) is 11.5. The smallest absolute Gasteiger partial charge is 0.289 e. The second-order valence-electron chi connectivity index (χ2n) is 5.91. The number of fused-ring (bicyclic) bond motifs is 1. The molecule has 7 heteroatoms. The second-order valence-corrected chi connectivity index (χ2v) is 5.91. The number of carbonyl (C=O) groups is 1. The van der Waals surface area contributed by atoms with Crippen molar-refractivity contribution < 1.29 is 4.79 Å². The van der Waals surface area contributed by atoms with E-state index in [-0.39, 0.29) is 11.7 Å². The fourth-order valence-electron chi connectivity index (χ4n) is 2.51. The van der Waals surface area contributed by atoms with Gasteiger partial charge in [-0.2, -0.15) is 5.10 Å². The van der Waals surface area contributed by atoms with Crippen LogP contribution in [0.2, 0.25) is 0 Å². The number of aryl methyl sites for hydroxylation is 2. The lowest BCUT2D eigenvalue weighted by Gasteiger charge is -2.13. The minimum atomic E-state index is -0.311. The molecule has 0 bridgehead atoms. The van der Waals surface area contributed by atoms with Crippen LogP contribution in [0, 0.1) is 6.92 Å². The van der Waals surface area contributed by atoms with Crippen molar-refractivity contribution in [2.24, 2.45) is 7.05 Å². The summed E-state index contributed by atoms with van der Waals surface area (Å²) in [6, 6.07) is 7.93. The summed E-state index contributed by atoms with van der Waals surface area (Å²) >= 11 is 0. The van der Waals surface area contributed by atoms with Gasteiger partial charge in [-0.1, -0.05) is 24.3 Å². The Bertz CT molecular complexity index is 899. The zero-order valence-corrected chi connectivity index (χ0v) is 14.2. The minimum absolute atomic E-state index is 0.124. The van der Waals surface area contributed by atoms with E-state index in [1.807, 2.05) is 63.4 Å². The Labute approximate surface area is 140 Å². The molecule has 0 atom stereocenters. The van der Waals surface area contributed by atoms with Crippen LogP contribution in [-0.2, 0) is 13.6 Å². The normalized spacial score (nSPS) is 10.8. The number of carbonyl (C=O) groups excluding carboxylic acids is 1. The van der Waals surface area contributed by atoms with Crippen LogP contribution in [0.15, 0.2) is 30.5 Å². The number of amides is 1. The summed E-state index contributed by atoms with van der Waals surface area (Å²) in [5.74, 6) is 0.488. The summed E-state index contributed by atoms with van der Waals surface area (Å²) in [5.41, 5.74) is 2.71. The Morgan fingerprint density at radius 1 is 1.25 bits per heavy atom. The van der Waals surface area contributed by atoms with Gasteiger partial charge in [0.05, 0.1) is 5.39 Å². The Morgan fingerprint density at radius 2 is 2.00 bits per heavy atom. The topological polar surface area (TPSA) is 75.9 Å². The summed E-state index contributed by atoms with van der Waals surface area (Å²) < 4.78 is 1.67. The zero-order chi connectivity index (χ0) is 17.3. The molecule has 1 N–H and O–H groups in total. The van der Waals surface area contributed by atoms with Crippen LogP contribution in [0.1, 0.15) is 21.7 Å². The summed E-state index contributed by atoms with van der Waals surface area (Å²) in [5, 5.41) is 7.98. The van der Waals surface area contributed by atoms with Gasteiger partial charge in [0, 0.05) is 33.9 Å². The van der Waals surface area contributed by atoms with Crippen molar-refractivity contribution >= 4 is 22.8 Å². The van der Waals surface area contributed by atoms with Gasteiger partial charge in [-0.25, -0.2) is 9.97 Å². The van der Waals surface area contributed by atoms with Crippen LogP contribution in [-0.4, -0.2) is 39.8 Å². The third kappa shape index (κ3) is 3.05. The molecule has 0 saturated heterocycles. The van der Waals surface area contributed by atoms with Crippen LogP contribution in [0.25, 0.3) is 11.0 Å². The van der Waals surface area contributed by atoms with Gasteiger partial charge in [0.15, 0.2) is 5.65 Å². The lowest BCUT2D eigenvalue weighted by atomic mass is 10.1.